The van der Waals surface area contributed by atoms with E-state index in [2.05, 4.69) is 26.1 Å². The van der Waals surface area contributed by atoms with Crippen molar-refractivity contribution in [2.75, 3.05) is 20.3 Å². The Morgan fingerprint density at radius 3 is 2.50 bits per heavy atom. The molecule has 0 saturated heterocycles. The molecule has 0 aliphatic carbocycles. The molecule has 0 radical (unpaired) electrons. The van der Waals surface area contributed by atoms with Crippen molar-refractivity contribution >= 4 is 0 Å². The summed E-state index contributed by atoms with van der Waals surface area (Å²) in [6, 6.07) is 5.02. The lowest BCUT2D eigenvalue weighted by Gasteiger charge is -2.20. The predicted octanol–water partition coefficient (Wildman–Crippen LogP) is 2.74. The molecule has 3 nitrogen and oxygen atoms in total. The van der Waals surface area contributed by atoms with Gasteiger partial charge in [-0.05, 0) is 38.5 Å². The molecule has 0 amide bonds. The molecular weight excluding hydrogens is 233 g/mol. The van der Waals surface area contributed by atoms with E-state index in [0.29, 0.717) is 19.8 Å². The molecule has 18 heavy (non-hydrogen) atoms. The number of benzene rings is 1. The highest BCUT2D eigenvalue weighted by Crippen LogP contribution is 2.18. The van der Waals surface area contributed by atoms with Crippen molar-refractivity contribution in [3.05, 3.63) is 29.6 Å². The maximum atomic E-state index is 13.7. The molecule has 0 bridgehead atoms. The molecule has 0 fully saturated rings. The molecule has 0 spiro atoms. The Morgan fingerprint density at radius 1 is 1.22 bits per heavy atom. The first-order chi connectivity index (χ1) is 8.42. The zero-order chi connectivity index (χ0) is 13.6. The van der Waals surface area contributed by atoms with Gasteiger partial charge in [-0.3, -0.25) is 0 Å². The van der Waals surface area contributed by atoms with Crippen LogP contribution in [0.2, 0.25) is 0 Å². The number of hydrogen-bond acceptors (Lipinski definition) is 3. The summed E-state index contributed by atoms with van der Waals surface area (Å²) in [4.78, 5) is 0. The normalized spacial score (nSPS) is 11.6. The quantitative estimate of drug-likeness (QED) is 0.793. The third-order valence-corrected chi connectivity index (χ3v) is 2.36. The van der Waals surface area contributed by atoms with Gasteiger partial charge < -0.3 is 14.8 Å². The van der Waals surface area contributed by atoms with Crippen molar-refractivity contribution in [2.24, 2.45) is 0 Å². The van der Waals surface area contributed by atoms with E-state index in [1.165, 1.54) is 6.07 Å². The molecule has 102 valence electrons. The molecular formula is C14H22FNO2. The Labute approximate surface area is 108 Å². The van der Waals surface area contributed by atoms with Crippen LogP contribution in [0.3, 0.4) is 0 Å². The molecule has 1 rings (SSSR count). The van der Waals surface area contributed by atoms with Crippen LogP contribution in [-0.4, -0.2) is 25.9 Å². The van der Waals surface area contributed by atoms with Crippen molar-refractivity contribution in [1.82, 2.24) is 5.32 Å². The largest absolute Gasteiger partial charge is 0.488 e. The van der Waals surface area contributed by atoms with Gasteiger partial charge in [0.1, 0.15) is 6.61 Å². The van der Waals surface area contributed by atoms with Crippen LogP contribution in [0.5, 0.6) is 5.75 Å². The molecule has 4 heteroatoms. The lowest BCUT2D eigenvalue weighted by molar-refractivity contribution is 0.144. The second kappa shape index (κ2) is 6.71. The van der Waals surface area contributed by atoms with Gasteiger partial charge in [-0.1, -0.05) is 6.07 Å². The fourth-order valence-corrected chi connectivity index (χ4v) is 1.37. The van der Waals surface area contributed by atoms with Gasteiger partial charge in [0.2, 0.25) is 0 Å². The van der Waals surface area contributed by atoms with E-state index >= 15 is 0 Å². The topological polar surface area (TPSA) is 30.5 Å². The van der Waals surface area contributed by atoms with Crippen LogP contribution in [0.1, 0.15) is 26.3 Å². The summed E-state index contributed by atoms with van der Waals surface area (Å²) >= 11 is 0. The first-order valence-electron chi connectivity index (χ1n) is 6.07. The third kappa shape index (κ3) is 5.47. The Bertz CT molecular complexity index is 375. The number of hydrogen-bond donors (Lipinski definition) is 1. The highest BCUT2D eigenvalue weighted by atomic mass is 19.1. The van der Waals surface area contributed by atoms with Crippen molar-refractivity contribution in [2.45, 2.75) is 32.9 Å². The summed E-state index contributed by atoms with van der Waals surface area (Å²) in [7, 11) is 1.58. The van der Waals surface area contributed by atoms with E-state index in [9.17, 15) is 4.39 Å². The zero-order valence-electron chi connectivity index (χ0n) is 11.5. The summed E-state index contributed by atoms with van der Waals surface area (Å²) in [6.45, 7) is 7.67. The van der Waals surface area contributed by atoms with Crippen molar-refractivity contribution in [3.63, 3.8) is 0 Å². The summed E-state index contributed by atoms with van der Waals surface area (Å²) in [5.41, 5.74) is 0.922. The Balaban J connectivity index is 2.56. The lowest BCUT2D eigenvalue weighted by atomic mass is 10.1. The summed E-state index contributed by atoms with van der Waals surface area (Å²) < 4.78 is 23.8. The molecule has 1 aromatic carbocycles. The molecule has 0 saturated carbocycles. The van der Waals surface area contributed by atoms with E-state index < -0.39 is 0 Å². The van der Waals surface area contributed by atoms with Gasteiger partial charge in [0.05, 0.1) is 6.61 Å². The first-order valence-corrected chi connectivity index (χ1v) is 6.07. The van der Waals surface area contributed by atoms with Gasteiger partial charge in [0.15, 0.2) is 11.6 Å². The van der Waals surface area contributed by atoms with Crippen LogP contribution in [0.4, 0.5) is 4.39 Å². The first kappa shape index (κ1) is 14.9. The summed E-state index contributed by atoms with van der Waals surface area (Å²) in [5.74, 6) is -0.0640. The fraction of sp³-hybridized carbons (Fsp3) is 0.571. The molecule has 1 aromatic rings. The minimum absolute atomic E-state index is 0.0180. The number of ether oxygens (including phenoxy) is 2. The summed E-state index contributed by atoms with van der Waals surface area (Å²) in [5, 5.41) is 3.31. The van der Waals surface area contributed by atoms with Crippen LogP contribution in [0, 0.1) is 5.82 Å². The van der Waals surface area contributed by atoms with E-state index in [0.717, 1.165) is 5.56 Å². The van der Waals surface area contributed by atoms with Crippen LogP contribution in [-0.2, 0) is 11.3 Å². The molecule has 0 aliphatic rings. The monoisotopic (exact) mass is 255 g/mol. The Kier molecular flexibility index (Phi) is 5.56. The fourth-order valence-electron chi connectivity index (χ4n) is 1.37. The van der Waals surface area contributed by atoms with Gasteiger partial charge in [-0.15, -0.1) is 0 Å². The second-order valence-corrected chi connectivity index (χ2v) is 5.21. The van der Waals surface area contributed by atoms with Gasteiger partial charge in [-0.25, -0.2) is 4.39 Å². The van der Waals surface area contributed by atoms with E-state index in [1.54, 1.807) is 13.2 Å². The summed E-state index contributed by atoms with van der Waals surface area (Å²) in [6.07, 6.45) is 0. The van der Waals surface area contributed by atoms with Crippen LogP contribution < -0.4 is 10.1 Å². The average Bonchev–Trinajstić information content (AvgIpc) is 2.28. The van der Waals surface area contributed by atoms with E-state index in [4.69, 9.17) is 9.47 Å². The van der Waals surface area contributed by atoms with Crippen LogP contribution in [0.25, 0.3) is 0 Å². The van der Waals surface area contributed by atoms with Crippen LogP contribution >= 0.6 is 0 Å². The SMILES string of the molecule is COCCOc1ccc(CNC(C)(C)C)cc1F. The van der Waals surface area contributed by atoms with Gasteiger partial charge in [-0.2, -0.15) is 0 Å². The highest BCUT2D eigenvalue weighted by Gasteiger charge is 2.10. The lowest BCUT2D eigenvalue weighted by Crippen LogP contribution is -2.35. The van der Waals surface area contributed by atoms with E-state index in [-0.39, 0.29) is 17.1 Å². The van der Waals surface area contributed by atoms with E-state index in [1.807, 2.05) is 6.07 Å². The van der Waals surface area contributed by atoms with Crippen molar-refractivity contribution < 1.29 is 13.9 Å². The maximum Gasteiger partial charge on any atom is 0.165 e. The Morgan fingerprint density at radius 2 is 1.94 bits per heavy atom. The van der Waals surface area contributed by atoms with Gasteiger partial charge in [0.25, 0.3) is 0 Å². The number of rotatable bonds is 6. The zero-order valence-corrected chi connectivity index (χ0v) is 11.5. The molecule has 1 N–H and O–H groups in total. The second-order valence-electron chi connectivity index (χ2n) is 5.21. The Hall–Kier alpha value is -1.13. The number of methoxy groups -OCH3 is 1. The van der Waals surface area contributed by atoms with Crippen LogP contribution in [0.15, 0.2) is 18.2 Å². The maximum absolute atomic E-state index is 13.7. The average molecular weight is 255 g/mol. The number of nitrogens with one attached hydrogen (secondary N) is 1. The standard InChI is InChI=1S/C14H22FNO2/c1-14(2,3)16-10-11-5-6-13(12(15)9-11)18-8-7-17-4/h5-6,9,16H,7-8,10H2,1-4H3. The number of halogens is 1. The molecule has 0 heterocycles. The van der Waals surface area contributed by atoms with Crippen molar-refractivity contribution in [1.29, 1.82) is 0 Å². The highest BCUT2D eigenvalue weighted by molar-refractivity contribution is 5.29. The minimum atomic E-state index is -0.334. The smallest absolute Gasteiger partial charge is 0.165 e. The van der Waals surface area contributed by atoms with Gasteiger partial charge >= 0.3 is 0 Å². The molecule has 0 unspecified atom stereocenters. The van der Waals surface area contributed by atoms with Gasteiger partial charge in [0, 0.05) is 19.2 Å². The molecule has 0 aliphatic heterocycles. The predicted molar refractivity (Wildman–Crippen MR) is 70.4 cm³/mol. The molecule has 0 atom stereocenters. The van der Waals surface area contributed by atoms with Crippen molar-refractivity contribution in [3.8, 4) is 5.75 Å². The minimum Gasteiger partial charge on any atom is -0.488 e. The molecule has 0 aromatic heterocycles. The third-order valence-electron chi connectivity index (χ3n) is 2.36.